The standard InChI is InChI=1S/C20H20N4O2/c25-20(17-8-4-9-19(22-17)24-12-5-11-21-24)23-13-10-18(26-15-14-23)16-6-2-1-3-7-16/h1-9,11-12,18H,10,13-15H2. The second-order valence-electron chi connectivity index (χ2n) is 6.18. The number of hydrogen-bond acceptors (Lipinski definition) is 4. The van der Waals surface area contributed by atoms with E-state index in [0.29, 0.717) is 31.2 Å². The number of benzene rings is 1. The van der Waals surface area contributed by atoms with Crippen LogP contribution in [0, 0.1) is 0 Å². The fraction of sp³-hybridized carbons (Fsp3) is 0.250. The monoisotopic (exact) mass is 348 g/mol. The summed E-state index contributed by atoms with van der Waals surface area (Å²) >= 11 is 0. The van der Waals surface area contributed by atoms with Crippen molar-refractivity contribution in [2.75, 3.05) is 19.7 Å². The largest absolute Gasteiger partial charge is 0.372 e. The summed E-state index contributed by atoms with van der Waals surface area (Å²) in [5.41, 5.74) is 1.58. The number of amides is 1. The van der Waals surface area contributed by atoms with Gasteiger partial charge in [-0.1, -0.05) is 36.4 Å². The first-order chi connectivity index (χ1) is 12.8. The molecule has 6 nitrogen and oxygen atoms in total. The van der Waals surface area contributed by atoms with Crippen LogP contribution in [0.15, 0.2) is 67.0 Å². The van der Waals surface area contributed by atoms with Crippen molar-refractivity contribution in [1.82, 2.24) is 19.7 Å². The molecule has 1 fully saturated rings. The molecule has 132 valence electrons. The zero-order chi connectivity index (χ0) is 17.8. The minimum absolute atomic E-state index is 0.0253. The number of rotatable bonds is 3. The summed E-state index contributed by atoms with van der Waals surface area (Å²) in [6.07, 6.45) is 4.29. The van der Waals surface area contributed by atoms with Crippen LogP contribution in [0.25, 0.3) is 5.82 Å². The second kappa shape index (κ2) is 7.49. The maximum atomic E-state index is 12.9. The van der Waals surface area contributed by atoms with Gasteiger partial charge in [-0.15, -0.1) is 0 Å². The van der Waals surface area contributed by atoms with Crippen LogP contribution >= 0.6 is 0 Å². The minimum atomic E-state index is -0.0729. The lowest BCUT2D eigenvalue weighted by Gasteiger charge is -2.19. The molecule has 0 N–H and O–H groups in total. The van der Waals surface area contributed by atoms with E-state index < -0.39 is 0 Å². The van der Waals surface area contributed by atoms with Gasteiger partial charge in [-0.25, -0.2) is 9.67 Å². The molecule has 2 aromatic heterocycles. The van der Waals surface area contributed by atoms with Gasteiger partial charge in [0.1, 0.15) is 5.69 Å². The number of nitrogens with zero attached hydrogens (tertiary/aromatic N) is 4. The van der Waals surface area contributed by atoms with Crippen molar-refractivity contribution in [2.24, 2.45) is 0 Å². The van der Waals surface area contributed by atoms with Gasteiger partial charge in [0, 0.05) is 25.5 Å². The molecule has 1 aliphatic heterocycles. The molecule has 6 heteroatoms. The van der Waals surface area contributed by atoms with E-state index in [1.165, 1.54) is 0 Å². The summed E-state index contributed by atoms with van der Waals surface area (Å²) in [5.74, 6) is 0.561. The minimum Gasteiger partial charge on any atom is -0.372 e. The lowest BCUT2D eigenvalue weighted by molar-refractivity contribution is 0.0583. The van der Waals surface area contributed by atoms with E-state index in [1.54, 1.807) is 23.1 Å². The molecule has 3 heterocycles. The van der Waals surface area contributed by atoms with Gasteiger partial charge in [-0.2, -0.15) is 5.10 Å². The van der Waals surface area contributed by atoms with Gasteiger partial charge in [0.15, 0.2) is 5.82 Å². The first-order valence-electron chi connectivity index (χ1n) is 8.74. The van der Waals surface area contributed by atoms with Crippen molar-refractivity contribution in [3.05, 3.63) is 78.2 Å². The van der Waals surface area contributed by atoms with Crippen LogP contribution in [-0.4, -0.2) is 45.3 Å². The number of aromatic nitrogens is 3. The highest BCUT2D eigenvalue weighted by molar-refractivity contribution is 5.92. The number of carbonyl (C=O) groups is 1. The fourth-order valence-corrected chi connectivity index (χ4v) is 3.14. The first-order valence-corrected chi connectivity index (χ1v) is 8.74. The molecule has 1 unspecified atom stereocenters. The van der Waals surface area contributed by atoms with Gasteiger partial charge in [-0.05, 0) is 30.2 Å². The lowest BCUT2D eigenvalue weighted by atomic mass is 10.1. The van der Waals surface area contributed by atoms with E-state index in [1.807, 2.05) is 41.3 Å². The van der Waals surface area contributed by atoms with Crippen molar-refractivity contribution < 1.29 is 9.53 Å². The molecule has 1 atom stereocenters. The molecule has 0 radical (unpaired) electrons. The molecule has 1 saturated heterocycles. The molecule has 1 aromatic carbocycles. The smallest absolute Gasteiger partial charge is 0.272 e. The van der Waals surface area contributed by atoms with E-state index in [4.69, 9.17) is 4.74 Å². The zero-order valence-electron chi connectivity index (χ0n) is 14.4. The molecule has 3 aromatic rings. The van der Waals surface area contributed by atoms with Crippen LogP contribution < -0.4 is 0 Å². The molecule has 0 bridgehead atoms. The topological polar surface area (TPSA) is 60.2 Å². The molecule has 0 aliphatic carbocycles. The SMILES string of the molecule is O=C(c1cccc(-n2cccn2)n1)N1CCOC(c2ccccc2)CC1. The Kier molecular flexibility index (Phi) is 4.75. The second-order valence-corrected chi connectivity index (χ2v) is 6.18. The molecule has 0 spiro atoms. The van der Waals surface area contributed by atoms with Crippen molar-refractivity contribution in [3.63, 3.8) is 0 Å². The fourth-order valence-electron chi connectivity index (χ4n) is 3.14. The van der Waals surface area contributed by atoms with Gasteiger partial charge in [-0.3, -0.25) is 4.79 Å². The van der Waals surface area contributed by atoms with E-state index in [2.05, 4.69) is 22.2 Å². The summed E-state index contributed by atoms with van der Waals surface area (Å²) in [6, 6.07) is 17.4. The summed E-state index contributed by atoms with van der Waals surface area (Å²) in [7, 11) is 0. The highest BCUT2D eigenvalue weighted by atomic mass is 16.5. The van der Waals surface area contributed by atoms with Gasteiger partial charge < -0.3 is 9.64 Å². The lowest BCUT2D eigenvalue weighted by Crippen LogP contribution is -2.33. The maximum Gasteiger partial charge on any atom is 0.272 e. The predicted molar refractivity (Wildman–Crippen MR) is 97.0 cm³/mol. The van der Waals surface area contributed by atoms with E-state index in [9.17, 15) is 4.79 Å². The zero-order valence-corrected chi connectivity index (χ0v) is 14.4. The summed E-state index contributed by atoms with van der Waals surface area (Å²) in [4.78, 5) is 19.2. The van der Waals surface area contributed by atoms with E-state index in [-0.39, 0.29) is 12.0 Å². The summed E-state index contributed by atoms with van der Waals surface area (Å²) in [5, 5.41) is 4.17. The Morgan fingerprint density at radius 3 is 2.73 bits per heavy atom. The van der Waals surface area contributed by atoms with E-state index in [0.717, 1.165) is 12.0 Å². The molecule has 26 heavy (non-hydrogen) atoms. The van der Waals surface area contributed by atoms with Crippen LogP contribution in [0.1, 0.15) is 28.6 Å². The molecule has 1 aliphatic rings. The molecular formula is C20H20N4O2. The number of ether oxygens (including phenoxy) is 1. The van der Waals surface area contributed by atoms with Gasteiger partial charge in [0.25, 0.3) is 5.91 Å². The van der Waals surface area contributed by atoms with Crippen molar-refractivity contribution in [3.8, 4) is 5.82 Å². The van der Waals surface area contributed by atoms with Gasteiger partial charge in [0.05, 0.1) is 12.7 Å². The van der Waals surface area contributed by atoms with Crippen LogP contribution in [0.4, 0.5) is 0 Å². The maximum absolute atomic E-state index is 12.9. The predicted octanol–water partition coefficient (Wildman–Crippen LogP) is 2.87. The Morgan fingerprint density at radius 1 is 1.04 bits per heavy atom. The highest BCUT2D eigenvalue weighted by Gasteiger charge is 2.23. The third kappa shape index (κ3) is 3.50. The van der Waals surface area contributed by atoms with Crippen LogP contribution in [-0.2, 0) is 4.74 Å². The Labute approximate surface area is 152 Å². The third-order valence-electron chi connectivity index (χ3n) is 4.49. The van der Waals surface area contributed by atoms with E-state index >= 15 is 0 Å². The first kappa shape index (κ1) is 16.5. The normalized spacial score (nSPS) is 17.7. The summed E-state index contributed by atoms with van der Waals surface area (Å²) < 4.78 is 7.61. The van der Waals surface area contributed by atoms with Crippen molar-refractivity contribution >= 4 is 5.91 Å². The Balaban J connectivity index is 1.48. The average molecular weight is 348 g/mol. The number of pyridine rings is 1. The van der Waals surface area contributed by atoms with Gasteiger partial charge in [0.2, 0.25) is 0 Å². The van der Waals surface area contributed by atoms with Crippen LogP contribution in [0.5, 0.6) is 0 Å². The molecule has 0 saturated carbocycles. The van der Waals surface area contributed by atoms with Gasteiger partial charge >= 0.3 is 0 Å². The van der Waals surface area contributed by atoms with Crippen molar-refractivity contribution in [1.29, 1.82) is 0 Å². The highest BCUT2D eigenvalue weighted by Crippen LogP contribution is 2.24. The quantitative estimate of drug-likeness (QED) is 0.730. The Bertz CT molecular complexity index is 865. The van der Waals surface area contributed by atoms with Crippen molar-refractivity contribution in [2.45, 2.75) is 12.5 Å². The molecule has 4 rings (SSSR count). The number of carbonyl (C=O) groups excluding carboxylic acids is 1. The molecular weight excluding hydrogens is 328 g/mol. The number of hydrogen-bond donors (Lipinski definition) is 0. The third-order valence-corrected chi connectivity index (χ3v) is 4.49. The molecule has 1 amide bonds. The Morgan fingerprint density at radius 2 is 1.92 bits per heavy atom. The summed E-state index contributed by atoms with van der Waals surface area (Å²) in [6.45, 7) is 1.73. The van der Waals surface area contributed by atoms with Crippen LogP contribution in [0.2, 0.25) is 0 Å². The van der Waals surface area contributed by atoms with Crippen LogP contribution in [0.3, 0.4) is 0 Å². The average Bonchev–Trinajstić information content (AvgIpc) is 3.13. The Hall–Kier alpha value is -2.99.